The van der Waals surface area contributed by atoms with Crippen LogP contribution < -0.4 is 0 Å². The summed E-state index contributed by atoms with van der Waals surface area (Å²) in [6, 6.07) is 17.6. The molecule has 8 nitrogen and oxygen atoms in total. The third-order valence-corrected chi connectivity index (χ3v) is 7.69. The molecule has 0 saturated carbocycles. The lowest BCUT2D eigenvalue weighted by Gasteiger charge is -2.14. The van der Waals surface area contributed by atoms with Gasteiger partial charge < -0.3 is 0 Å². The first kappa shape index (κ1) is 30.8. The number of allylic oxidation sites excluding steroid dienone is 7. The van der Waals surface area contributed by atoms with Gasteiger partial charge in [-0.05, 0) is 86.9 Å². The van der Waals surface area contributed by atoms with Crippen LogP contribution in [0.25, 0.3) is 52.9 Å². The Balaban J connectivity index is 1.92. The summed E-state index contributed by atoms with van der Waals surface area (Å²) >= 11 is 0. The number of benzene rings is 3. The van der Waals surface area contributed by atoms with Gasteiger partial charge in [0, 0.05) is 5.57 Å². The second-order valence-corrected chi connectivity index (χ2v) is 10.0. The van der Waals surface area contributed by atoms with E-state index in [4.69, 9.17) is 26.3 Å². The van der Waals surface area contributed by atoms with Crippen molar-refractivity contribution >= 4 is 39.2 Å². The number of rotatable bonds is 2. The van der Waals surface area contributed by atoms with Gasteiger partial charge in [-0.2, -0.15) is 23.7 Å². The zero-order valence-electron chi connectivity index (χ0n) is 23.8. The molecule has 11 heteroatoms. The second kappa shape index (κ2) is 11.4. The number of nitrogens with zero attached hydrogens (tertiary/aromatic N) is 8. The minimum Gasteiger partial charge on any atom is -0.238 e. The molecular formula is C36H11F3N8. The van der Waals surface area contributed by atoms with Crippen molar-refractivity contribution < 1.29 is 13.2 Å². The molecule has 0 fully saturated rings. The highest BCUT2D eigenvalue weighted by atomic mass is 19.4. The molecular weight excluding hydrogens is 601 g/mol. The Morgan fingerprint density at radius 3 is 1.79 bits per heavy atom. The van der Waals surface area contributed by atoms with E-state index >= 15 is 0 Å². The molecule has 0 aliphatic heterocycles. The van der Waals surface area contributed by atoms with Crippen molar-refractivity contribution in [1.29, 1.82) is 21.0 Å². The molecule has 0 aromatic heterocycles. The van der Waals surface area contributed by atoms with Gasteiger partial charge in [-0.3, -0.25) is 0 Å². The van der Waals surface area contributed by atoms with Crippen LogP contribution in [0.1, 0.15) is 50.1 Å². The van der Waals surface area contributed by atoms with Gasteiger partial charge in [0.25, 0.3) is 11.4 Å². The highest BCUT2D eigenvalue weighted by Crippen LogP contribution is 2.55. The molecule has 0 unspecified atom stereocenters. The molecule has 2 aliphatic rings. The molecule has 216 valence electrons. The van der Waals surface area contributed by atoms with Crippen molar-refractivity contribution in [1.82, 2.24) is 0 Å². The van der Waals surface area contributed by atoms with Crippen molar-refractivity contribution in [2.75, 3.05) is 0 Å². The summed E-state index contributed by atoms with van der Waals surface area (Å²) in [5.74, 6) is 0. The Hall–Kier alpha value is -7.67. The van der Waals surface area contributed by atoms with Gasteiger partial charge in [0.1, 0.15) is 6.07 Å². The van der Waals surface area contributed by atoms with Crippen LogP contribution in [0.3, 0.4) is 0 Å². The highest BCUT2D eigenvalue weighted by molar-refractivity contribution is 6.29. The Kier molecular flexibility index (Phi) is 7.49. The third-order valence-electron chi connectivity index (χ3n) is 7.69. The number of hydrogen-bond donors (Lipinski definition) is 0. The zero-order valence-corrected chi connectivity index (χ0v) is 23.8. The second-order valence-electron chi connectivity index (χ2n) is 10.0. The molecule has 3 aromatic rings. The minimum atomic E-state index is -4.85. The van der Waals surface area contributed by atoms with Crippen molar-refractivity contribution in [2.45, 2.75) is 13.1 Å². The normalized spacial score (nSPS) is 15.0. The van der Waals surface area contributed by atoms with Crippen LogP contribution in [0.5, 0.6) is 0 Å². The van der Waals surface area contributed by atoms with Crippen LogP contribution in [0.15, 0.2) is 59.9 Å². The smallest absolute Gasteiger partial charge is 0.238 e. The van der Waals surface area contributed by atoms with Crippen LogP contribution in [0.2, 0.25) is 0 Å². The SMILES string of the molecule is [C-]#[N+]C1=C(c2ccc(C)c([N+]#[C-])c2)/C(=C(/C#N)[N+]#[C-])c2cc3c(cc21)C(C#N)=C(c1ccc(C(F)(F)F)c(C#N)c1)/C3=C(\C#N)[N+]#[C-]. The number of aryl methyl sites for hydroxylation is 1. The van der Waals surface area contributed by atoms with E-state index < -0.39 is 23.0 Å². The number of fused-ring (bicyclic) bond motifs is 2. The van der Waals surface area contributed by atoms with Gasteiger partial charge >= 0.3 is 6.18 Å². The fourth-order valence-corrected chi connectivity index (χ4v) is 5.69. The van der Waals surface area contributed by atoms with Crippen LogP contribution in [0.4, 0.5) is 18.9 Å². The Morgan fingerprint density at radius 2 is 1.26 bits per heavy atom. The number of hydrogen-bond acceptors (Lipinski definition) is 4. The van der Waals surface area contributed by atoms with E-state index in [0.717, 1.165) is 12.1 Å². The van der Waals surface area contributed by atoms with E-state index in [-0.39, 0.29) is 72.8 Å². The Labute approximate surface area is 266 Å². The lowest BCUT2D eigenvalue weighted by atomic mass is 9.90. The maximum Gasteiger partial charge on any atom is 0.417 e. The van der Waals surface area contributed by atoms with Crippen molar-refractivity contribution in [3.63, 3.8) is 0 Å². The third kappa shape index (κ3) is 4.65. The highest BCUT2D eigenvalue weighted by Gasteiger charge is 2.38. The van der Waals surface area contributed by atoms with Gasteiger partial charge in [0.15, 0.2) is 5.69 Å². The van der Waals surface area contributed by atoms with E-state index in [9.17, 15) is 34.2 Å². The monoisotopic (exact) mass is 612 g/mol. The molecule has 0 spiro atoms. The van der Waals surface area contributed by atoms with Crippen molar-refractivity contribution in [3.8, 4) is 24.3 Å². The van der Waals surface area contributed by atoms with Crippen molar-refractivity contribution in [3.05, 3.63) is 156 Å². The summed E-state index contributed by atoms with van der Waals surface area (Å²) in [6.07, 6.45) is -4.85. The lowest BCUT2D eigenvalue weighted by Crippen LogP contribution is -2.08. The predicted molar refractivity (Wildman–Crippen MR) is 164 cm³/mol. The van der Waals surface area contributed by atoms with E-state index in [1.165, 1.54) is 24.3 Å². The van der Waals surface area contributed by atoms with Crippen LogP contribution in [-0.4, -0.2) is 0 Å². The molecule has 3 aromatic carbocycles. The van der Waals surface area contributed by atoms with Crippen LogP contribution in [-0.2, 0) is 6.18 Å². The Morgan fingerprint density at radius 1 is 0.681 bits per heavy atom. The molecule has 0 saturated heterocycles. The topological polar surface area (TPSA) is 113 Å². The molecule has 47 heavy (non-hydrogen) atoms. The molecule has 0 bridgehead atoms. The largest absolute Gasteiger partial charge is 0.417 e. The molecule has 0 amide bonds. The molecule has 5 rings (SSSR count). The standard InChI is InChI=1S/C36H11F3N8/c1-18-6-7-20(11-28(18)44-2)32-34(30(17-43)46-4)24-13-23-22(12-25(24)35(32)47-5)26(15-41)31(33(23)29(16-42)45-3)19-8-9-27(36(37,38)39)21(10-19)14-40/h6-13H,1H3/b33-29+,34-30-. The maximum atomic E-state index is 13.6. The average Bonchev–Trinajstić information content (AvgIpc) is 3.56. The molecule has 0 heterocycles. The first-order valence-corrected chi connectivity index (χ1v) is 13.1. The molecule has 0 atom stereocenters. The minimum absolute atomic E-state index is 0.0113. The van der Waals surface area contributed by atoms with Gasteiger partial charge in [-0.1, -0.05) is 24.3 Å². The average molecular weight is 613 g/mol. The summed E-state index contributed by atoms with van der Waals surface area (Å²) in [6.45, 7) is 32.8. The van der Waals surface area contributed by atoms with Gasteiger partial charge in [-0.15, -0.1) is 0 Å². The number of halogens is 3. The summed E-state index contributed by atoms with van der Waals surface area (Å²) in [5.41, 5.74) is -0.789. The summed E-state index contributed by atoms with van der Waals surface area (Å²) in [7, 11) is 0. The number of alkyl halides is 3. The summed E-state index contributed by atoms with van der Waals surface area (Å²) in [4.78, 5) is 13.9. The summed E-state index contributed by atoms with van der Waals surface area (Å²) < 4.78 is 40.8. The Bertz CT molecular complexity index is 2450. The van der Waals surface area contributed by atoms with Gasteiger partial charge in [0.2, 0.25) is 5.70 Å². The summed E-state index contributed by atoms with van der Waals surface area (Å²) in [5, 5.41) is 39.8. The lowest BCUT2D eigenvalue weighted by molar-refractivity contribution is -0.137. The predicted octanol–water partition coefficient (Wildman–Crippen LogP) is 8.99. The van der Waals surface area contributed by atoms with Gasteiger partial charge in [-0.25, -0.2) is 29.9 Å². The number of nitriles is 4. The fourth-order valence-electron chi connectivity index (χ4n) is 5.69. The van der Waals surface area contributed by atoms with E-state index in [1.54, 1.807) is 25.1 Å². The molecule has 0 N–H and O–H groups in total. The molecule has 2 aliphatic carbocycles. The quantitative estimate of drug-likeness (QED) is 0.212. The van der Waals surface area contributed by atoms with E-state index in [2.05, 4.69) is 19.4 Å². The molecule has 0 radical (unpaired) electrons. The van der Waals surface area contributed by atoms with E-state index in [1.807, 2.05) is 12.1 Å². The zero-order chi connectivity index (χ0) is 34.2. The first-order valence-electron chi connectivity index (χ1n) is 13.1. The van der Waals surface area contributed by atoms with Crippen LogP contribution >= 0.6 is 0 Å². The van der Waals surface area contributed by atoms with Gasteiger partial charge in [0.05, 0.1) is 61.2 Å². The van der Waals surface area contributed by atoms with Crippen molar-refractivity contribution in [2.24, 2.45) is 0 Å². The van der Waals surface area contributed by atoms with E-state index in [0.29, 0.717) is 17.2 Å². The fraction of sp³-hybridized carbons (Fsp3) is 0.0556. The maximum absolute atomic E-state index is 13.6. The van der Waals surface area contributed by atoms with Crippen LogP contribution in [0, 0.1) is 78.5 Å². The first-order chi connectivity index (χ1) is 22.5.